The average molecular weight is 406 g/mol. The van der Waals surface area contributed by atoms with Crippen molar-refractivity contribution in [1.29, 1.82) is 0 Å². The van der Waals surface area contributed by atoms with Gasteiger partial charge in [-0.15, -0.1) is 0 Å². The molecule has 156 valence electrons. The lowest BCUT2D eigenvalue weighted by Crippen LogP contribution is -2.35. The molecule has 2 aromatic rings. The summed E-state index contributed by atoms with van der Waals surface area (Å²) in [5.74, 6) is 0.822. The molecule has 1 N–H and O–H groups in total. The smallest absolute Gasteiger partial charge is 0.416 e. The van der Waals surface area contributed by atoms with Crippen LogP contribution >= 0.6 is 0 Å². The van der Waals surface area contributed by atoms with Crippen molar-refractivity contribution in [2.45, 2.75) is 38.0 Å². The zero-order valence-corrected chi connectivity index (χ0v) is 16.1. The highest BCUT2D eigenvalue weighted by Gasteiger charge is 2.32. The molecular formula is C22H25F3N2O2. The Morgan fingerprint density at radius 1 is 1.07 bits per heavy atom. The summed E-state index contributed by atoms with van der Waals surface area (Å²) in [4.78, 5) is 13.9. The van der Waals surface area contributed by atoms with Gasteiger partial charge in [0.15, 0.2) is 0 Å². The van der Waals surface area contributed by atoms with Crippen molar-refractivity contribution >= 4 is 5.91 Å². The maximum Gasteiger partial charge on any atom is 0.416 e. The van der Waals surface area contributed by atoms with Crippen molar-refractivity contribution in [3.05, 3.63) is 65.7 Å². The zero-order valence-electron chi connectivity index (χ0n) is 16.1. The number of benzene rings is 2. The maximum atomic E-state index is 12.9. The third-order valence-corrected chi connectivity index (χ3v) is 5.00. The predicted octanol–water partition coefficient (Wildman–Crippen LogP) is 4.26. The number of amides is 1. The molecule has 1 atom stereocenters. The van der Waals surface area contributed by atoms with Crippen molar-refractivity contribution in [2.75, 3.05) is 19.7 Å². The first-order valence-corrected chi connectivity index (χ1v) is 9.77. The van der Waals surface area contributed by atoms with Crippen LogP contribution in [0.5, 0.6) is 5.75 Å². The lowest BCUT2D eigenvalue weighted by atomic mass is 10.1. The Labute approximate surface area is 168 Å². The van der Waals surface area contributed by atoms with Gasteiger partial charge in [0.1, 0.15) is 12.4 Å². The van der Waals surface area contributed by atoms with Crippen molar-refractivity contribution < 1.29 is 22.7 Å². The molecule has 4 nitrogen and oxygen atoms in total. The molecule has 0 saturated carbocycles. The number of nitrogens with zero attached hydrogens (tertiary/aromatic N) is 1. The molecule has 1 aliphatic heterocycles. The fourth-order valence-electron chi connectivity index (χ4n) is 3.50. The number of alkyl halides is 3. The number of rotatable bonds is 9. The molecule has 29 heavy (non-hydrogen) atoms. The van der Waals surface area contributed by atoms with Gasteiger partial charge in [0.05, 0.1) is 5.56 Å². The average Bonchev–Trinajstić information content (AvgIpc) is 3.04. The molecule has 0 aliphatic carbocycles. The maximum absolute atomic E-state index is 12.9. The summed E-state index contributed by atoms with van der Waals surface area (Å²) in [5.41, 5.74) is -0.178. The summed E-state index contributed by atoms with van der Waals surface area (Å²) in [6, 6.07) is 14.8. The number of carbonyl (C=O) groups excluding carboxylic acids is 1. The van der Waals surface area contributed by atoms with Crippen molar-refractivity contribution in [1.82, 2.24) is 10.2 Å². The van der Waals surface area contributed by atoms with E-state index in [0.717, 1.165) is 37.3 Å². The summed E-state index contributed by atoms with van der Waals surface area (Å²) in [6.45, 7) is 2.16. The quantitative estimate of drug-likeness (QED) is 0.633. The highest BCUT2D eigenvalue weighted by Crippen LogP contribution is 2.30. The van der Waals surface area contributed by atoms with Gasteiger partial charge in [0.2, 0.25) is 5.91 Å². The summed E-state index contributed by atoms with van der Waals surface area (Å²) < 4.78 is 44.4. The van der Waals surface area contributed by atoms with E-state index in [-0.39, 0.29) is 18.5 Å². The molecule has 0 radical (unpaired) electrons. The Bertz CT molecular complexity index is 796. The van der Waals surface area contributed by atoms with Crippen LogP contribution in [0.2, 0.25) is 0 Å². The first kappa shape index (κ1) is 21.2. The SMILES string of the molecule is O=C1CCC(CCNCCOc2ccccc2)N1Cc1cccc(C(F)(F)F)c1. The molecule has 1 fully saturated rings. The van der Waals surface area contributed by atoms with Crippen LogP contribution in [0, 0.1) is 0 Å². The van der Waals surface area contributed by atoms with E-state index >= 15 is 0 Å². The van der Waals surface area contributed by atoms with E-state index in [0.29, 0.717) is 25.1 Å². The van der Waals surface area contributed by atoms with Crippen molar-refractivity contribution in [3.8, 4) is 5.75 Å². The lowest BCUT2D eigenvalue weighted by Gasteiger charge is -2.25. The van der Waals surface area contributed by atoms with E-state index in [1.807, 2.05) is 30.3 Å². The molecule has 0 spiro atoms. The molecule has 1 unspecified atom stereocenters. The highest BCUT2D eigenvalue weighted by atomic mass is 19.4. The molecule has 1 amide bonds. The number of nitrogens with one attached hydrogen (secondary N) is 1. The van der Waals surface area contributed by atoms with Gasteiger partial charge in [0, 0.05) is 25.6 Å². The second-order valence-electron chi connectivity index (χ2n) is 7.11. The third kappa shape index (κ3) is 6.22. The number of hydrogen-bond acceptors (Lipinski definition) is 3. The Morgan fingerprint density at radius 3 is 2.62 bits per heavy atom. The minimum absolute atomic E-state index is 0.000164. The standard InChI is InChI=1S/C22H25F3N2O2/c23-22(24,25)18-6-4-5-17(15-18)16-27-19(9-10-21(27)28)11-12-26-13-14-29-20-7-2-1-3-8-20/h1-8,15,19,26H,9-14,16H2. The first-order valence-electron chi connectivity index (χ1n) is 9.77. The number of halogens is 3. The number of likely N-dealkylation sites (tertiary alicyclic amines) is 1. The van der Waals surface area contributed by atoms with E-state index in [1.54, 1.807) is 11.0 Å². The molecule has 0 bridgehead atoms. The molecule has 7 heteroatoms. The monoisotopic (exact) mass is 406 g/mol. The lowest BCUT2D eigenvalue weighted by molar-refractivity contribution is -0.137. The summed E-state index contributed by atoms with van der Waals surface area (Å²) in [6.07, 6.45) is -2.44. The molecule has 2 aromatic carbocycles. The molecule has 0 aromatic heterocycles. The molecule has 1 saturated heterocycles. The fraction of sp³-hybridized carbons (Fsp3) is 0.409. The van der Waals surface area contributed by atoms with Gasteiger partial charge in [-0.05, 0) is 49.2 Å². The van der Waals surface area contributed by atoms with Gasteiger partial charge in [0.25, 0.3) is 0 Å². The van der Waals surface area contributed by atoms with Crippen LogP contribution in [-0.2, 0) is 17.5 Å². The second kappa shape index (κ2) is 9.78. The molecule has 1 heterocycles. The number of ether oxygens (including phenoxy) is 1. The molecule has 3 rings (SSSR count). The van der Waals surface area contributed by atoms with Crippen LogP contribution in [0.1, 0.15) is 30.4 Å². The predicted molar refractivity (Wildman–Crippen MR) is 104 cm³/mol. The number of hydrogen-bond donors (Lipinski definition) is 1. The number of carbonyl (C=O) groups is 1. The topological polar surface area (TPSA) is 41.6 Å². The normalized spacial score (nSPS) is 17.0. The van der Waals surface area contributed by atoms with Crippen LogP contribution in [0.25, 0.3) is 0 Å². The minimum Gasteiger partial charge on any atom is -0.492 e. The van der Waals surface area contributed by atoms with Gasteiger partial charge >= 0.3 is 6.18 Å². The van der Waals surface area contributed by atoms with Gasteiger partial charge in [-0.1, -0.05) is 30.3 Å². The Balaban J connectivity index is 1.44. The minimum atomic E-state index is -4.38. The second-order valence-corrected chi connectivity index (χ2v) is 7.11. The third-order valence-electron chi connectivity index (χ3n) is 5.00. The van der Waals surface area contributed by atoms with Crippen molar-refractivity contribution in [2.24, 2.45) is 0 Å². The van der Waals surface area contributed by atoms with E-state index in [9.17, 15) is 18.0 Å². The summed E-state index contributed by atoms with van der Waals surface area (Å²) in [7, 11) is 0. The Hall–Kier alpha value is -2.54. The van der Waals surface area contributed by atoms with Crippen LogP contribution in [0.3, 0.4) is 0 Å². The Morgan fingerprint density at radius 2 is 1.86 bits per heavy atom. The van der Waals surface area contributed by atoms with Crippen LogP contribution in [0.4, 0.5) is 13.2 Å². The summed E-state index contributed by atoms with van der Waals surface area (Å²) >= 11 is 0. The molecule has 1 aliphatic rings. The fourth-order valence-corrected chi connectivity index (χ4v) is 3.50. The van der Waals surface area contributed by atoms with E-state index in [2.05, 4.69) is 5.32 Å². The van der Waals surface area contributed by atoms with Crippen LogP contribution < -0.4 is 10.1 Å². The van der Waals surface area contributed by atoms with Crippen LogP contribution in [0.15, 0.2) is 54.6 Å². The van der Waals surface area contributed by atoms with Gasteiger partial charge in [-0.25, -0.2) is 0 Å². The first-order chi connectivity index (χ1) is 13.9. The van der Waals surface area contributed by atoms with Gasteiger partial charge in [-0.2, -0.15) is 13.2 Å². The molecular weight excluding hydrogens is 381 g/mol. The van der Waals surface area contributed by atoms with Crippen LogP contribution in [-0.4, -0.2) is 36.5 Å². The van der Waals surface area contributed by atoms with Gasteiger partial charge in [-0.3, -0.25) is 4.79 Å². The largest absolute Gasteiger partial charge is 0.492 e. The zero-order chi connectivity index (χ0) is 20.7. The van der Waals surface area contributed by atoms with Crippen molar-refractivity contribution in [3.63, 3.8) is 0 Å². The summed E-state index contributed by atoms with van der Waals surface area (Å²) in [5, 5.41) is 3.30. The number of para-hydroxylation sites is 1. The van der Waals surface area contributed by atoms with E-state index < -0.39 is 11.7 Å². The van der Waals surface area contributed by atoms with Gasteiger partial charge < -0.3 is 15.0 Å². The van der Waals surface area contributed by atoms with E-state index in [4.69, 9.17) is 4.74 Å². The Kier molecular flexibility index (Phi) is 7.14. The van der Waals surface area contributed by atoms with E-state index in [1.165, 1.54) is 6.07 Å². The highest BCUT2D eigenvalue weighted by molar-refractivity contribution is 5.78.